The highest BCUT2D eigenvalue weighted by Gasteiger charge is 2.06. The number of Topliss-reactive ketones (excluding diaryl/α,β-unsaturated/α-hetero) is 1. The summed E-state index contributed by atoms with van der Waals surface area (Å²) in [6.07, 6.45) is 0. The Morgan fingerprint density at radius 3 is 2.35 bits per heavy atom. The molecule has 0 unspecified atom stereocenters. The molecule has 3 aromatic rings. The summed E-state index contributed by atoms with van der Waals surface area (Å²) in [7, 11) is 0. The quantitative estimate of drug-likeness (QED) is 0.630. The molecule has 132 valence electrons. The van der Waals surface area contributed by atoms with Gasteiger partial charge in [-0.25, -0.2) is 4.98 Å². The molecule has 0 saturated heterocycles. The molecule has 0 aliphatic rings. The van der Waals surface area contributed by atoms with E-state index in [0.29, 0.717) is 11.5 Å². The van der Waals surface area contributed by atoms with Crippen LogP contribution in [0.4, 0.5) is 23.1 Å². The molecule has 2 aromatic carbocycles. The fourth-order valence-electron chi connectivity index (χ4n) is 2.63. The molecule has 1 aromatic heterocycles. The van der Waals surface area contributed by atoms with E-state index in [-0.39, 0.29) is 5.78 Å². The van der Waals surface area contributed by atoms with Gasteiger partial charge in [0.1, 0.15) is 5.82 Å². The van der Waals surface area contributed by atoms with Crippen molar-refractivity contribution in [1.82, 2.24) is 9.97 Å². The number of anilines is 4. The summed E-state index contributed by atoms with van der Waals surface area (Å²) in [4.78, 5) is 20.4. The van der Waals surface area contributed by atoms with Gasteiger partial charge in [-0.05, 0) is 69.2 Å². The fourth-order valence-corrected chi connectivity index (χ4v) is 2.63. The molecule has 0 aliphatic carbocycles. The zero-order valence-corrected chi connectivity index (χ0v) is 15.4. The van der Waals surface area contributed by atoms with E-state index < -0.39 is 0 Å². The van der Waals surface area contributed by atoms with Crippen LogP contribution in [0.1, 0.15) is 34.1 Å². The first kappa shape index (κ1) is 17.6. The van der Waals surface area contributed by atoms with Gasteiger partial charge >= 0.3 is 0 Å². The van der Waals surface area contributed by atoms with Crippen LogP contribution in [0.3, 0.4) is 0 Å². The summed E-state index contributed by atoms with van der Waals surface area (Å²) < 4.78 is 0. The number of aromatic nitrogens is 2. The molecule has 0 amide bonds. The summed E-state index contributed by atoms with van der Waals surface area (Å²) in [6, 6.07) is 15.3. The lowest BCUT2D eigenvalue weighted by atomic mass is 10.1. The number of nitrogens with one attached hydrogen (secondary N) is 2. The molecule has 0 fully saturated rings. The maximum absolute atomic E-state index is 11.4. The van der Waals surface area contributed by atoms with E-state index >= 15 is 0 Å². The Morgan fingerprint density at radius 2 is 1.65 bits per heavy atom. The minimum absolute atomic E-state index is 0.0448. The highest BCUT2D eigenvalue weighted by atomic mass is 16.1. The van der Waals surface area contributed by atoms with Crippen molar-refractivity contribution in [3.8, 4) is 0 Å². The van der Waals surface area contributed by atoms with Crippen molar-refractivity contribution in [3.05, 3.63) is 70.9 Å². The lowest BCUT2D eigenvalue weighted by molar-refractivity contribution is 0.101. The molecule has 3 rings (SSSR count). The molecular formula is C21H22N4O. The maximum Gasteiger partial charge on any atom is 0.229 e. The van der Waals surface area contributed by atoms with Gasteiger partial charge in [0.05, 0.1) is 0 Å². The molecule has 1 heterocycles. The molecule has 0 atom stereocenters. The molecular weight excluding hydrogens is 324 g/mol. The average Bonchev–Trinajstić information content (AvgIpc) is 2.59. The highest BCUT2D eigenvalue weighted by Crippen LogP contribution is 2.23. The Balaban J connectivity index is 1.83. The number of hydrogen-bond acceptors (Lipinski definition) is 5. The van der Waals surface area contributed by atoms with Crippen molar-refractivity contribution in [2.75, 3.05) is 10.6 Å². The van der Waals surface area contributed by atoms with Gasteiger partial charge in [-0.15, -0.1) is 0 Å². The predicted molar refractivity (Wildman–Crippen MR) is 106 cm³/mol. The van der Waals surface area contributed by atoms with E-state index in [2.05, 4.69) is 40.5 Å². The van der Waals surface area contributed by atoms with Crippen LogP contribution in [0.2, 0.25) is 0 Å². The molecule has 0 radical (unpaired) electrons. The smallest absolute Gasteiger partial charge is 0.229 e. The lowest BCUT2D eigenvalue weighted by Gasteiger charge is -2.13. The lowest BCUT2D eigenvalue weighted by Crippen LogP contribution is -2.03. The fraction of sp³-hybridized carbons (Fsp3) is 0.190. The number of nitrogens with zero attached hydrogens (tertiary/aromatic N) is 2. The molecule has 0 bridgehead atoms. The van der Waals surface area contributed by atoms with Crippen molar-refractivity contribution in [2.24, 2.45) is 0 Å². The zero-order valence-electron chi connectivity index (χ0n) is 15.4. The maximum atomic E-state index is 11.4. The van der Waals surface area contributed by atoms with Crippen LogP contribution < -0.4 is 10.6 Å². The SMILES string of the molecule is CC(=O)c1ccc(Nc2nc(C)cc(Nc3cccc(C)c3C)n2)cc1. The highest BCUT2D eigenvalue weighted by molar-refractivity contribution is 5.94. The minimum Gasteiger partial charge on any atom is -0.340 e. The Hall–Kier alpha value is -3.21. The van der Waals surface area contributed by atoms with Crippen LogP contribution in [0.15, 0.2) is 48.5 Å². The van der Waals surface area contributed by atoms with Gasteiger partial charge in [0, 0.05) is 28.7 Å². The molecule has 0 saturated carbocycles. The second-order valence-electron chi connectivity index (χ2n) is 6.35. The van der Waals surface area contributed by atoms with E-state index in [1.807, 2.05) is 37.3 Å². The molecule has 26 heavy (non-hydrogen) atoms. The van der Waals surface area contributed by atoms with Crippen molar-refractivity contribution < 1.29 is 4.79 Å². The van der Waals surface area contributed by atoms with Crippen LogP contribution >= 0.6 is 0 Å². The number of aryl methyl sites for hydroxylation is 2. The predicted octanol–water partition coefficient (Wildman–Crippen LogP) is 5.09. The first-order valence-corrected chi connectivity index (χ1v) is 8.49. The van der Waals surface area contributed by atoms with Gasteiger partial charge in [-0.1, -0.05) is 12.1 Å². The molecule has 0 spiro atoms. The van der Waals surface area contributed by atoms with Crippen LogP contribution in [0, 0.1) is 20.8 Å². The van der Waals surface area contributed by atoms with Gasteiger partial charge in [0.2, 0.25) is 5.95 Å². The number of carbonyl (C=O) groups is 1. The number of ketones is 1. The third-order valence-electron chi connectivity index (χ3n) is 4.27. The van der Waals surface area contributed by atoms with E-state index in [4.69, 9.17) is 0 Å². The van der Waals surface area contributed by atoms with E-state index in [1.165, 1.54) is 11.1 Å². The Kier molecular flexibility index (Phi) is 4.98. The second-order valence-corrected chi connectivity index (χ2v) is 6.35. The first-order chi connectivity index (χ1) is 12.4. The summed E-state index contributed by atoms with van der Waals surface area (Å²) in [5.41, 5.74) is 5.81. The second kappa shape index (κ2) is 7.35. The number of rotatable bonds is 5. The number of hydrogen-bond donors (Lipinski definition) is 2. The monoisotopic (exact) mass is 346 g/mol. The van der Waals surface area contributed by atoms with Crippen molar-refractivity contribution in [2.45, 2.75) is 27.7 Å². The Morgan fingerprint density at radius 1 is 0.923 bits per heavy atom. The van der Waals surface area contributed by atoms with Gasteiger partial charge < -0.3 is 10.6 Å². The molecule has 5 heteroatoms. The topological polar surface area (TPSA) is 66.9 Å². The normalized spacial score (nSPS) is 10.5. The number of carbonyl (C=O) groups excluding carboxylic acids is 1. The van der Waals surface area contributed by atoms with Gasteiger partial charge in [-0.2, -0.15) is 4.98 Å². The van der Waals surface area contributed by atoms with Crippen LogP contribution in [0.25, 0.3) is 0 Å². The summed E-state index contributed by atoms with van der Waals surface area (Å²) in [6.45, 7) is 7.65. The zero-order chi connectivity index (χ0) is 18.7. The first-order valence-electron chi connectivity index (χ1n) is 8.49. The molecule has 0 aliphatic heterocycles. The Bertz CT molecular complexity index is 949. The largest absolute Gasteiger partial charge is 0.340 e. The summed E-state index contributed by atoms with van der Waals surface area (Å²) in [5.74, 6) is 1.28. The molecule has 2 N–H and O–H groups in total. The minimum atomic E-state index is 0.0448. The van der Waals surface area contributed by atoms with Crippen LogP contribution in [0.5, 0.6) is 0 Å². The van der Waals surface area contributed by atoms with Crippen molar-refractivity contribution >= 4 is 28.9 Å². The van der Waals surface area contributed by atoms with Crippen molar-refractivity contribution in [3.63, 3.8) is 0 Å². The van der Waals surface area contributed by atoms with E-state index in [9.17, 15) is 4.79 Å². The van der Waals surface area contributed by atoms with Gasteiger partial charge in [-0.3, -0.25) is 4.79 Å². The summed E-state index contributed by atoms with van der Waals surface area (Å²) in [5, 5.41) is 6.56. The van der Waals surface area contributed by atoms with Gasteiger partial charge in [0.15, 0.2) is 5.78 Å². The average molecular weight is 346 g/mol. The standard InChI is InChI=1S/C21H22N4O/c1-13-6-5-7-19(15(13)3)24-20-12-14(2)22-21(25-20)23-18-10-8-17(9-11-18)16(4)26/h5-12H,1-4H3,(H2,22,23,24,25). The third-order valence-corrected chi connectivity index (χ3v) is 4.27. The van der Waals surface area contributed by atoms with Crippen LogP contribution in [-0.2, 0) is 0 Å². The van der Waals surface area contributed by atoms with Crippen molar-refractivity contribution in [1.29, 1.82) is 0 Å². The van der Waals surface area contributed by atoms with E-state index in [0.717, 1.165) is 22.9 Å². The Labute approximate surface area is 153 Å². The van der Waals surface area contributed by atoms with E-state index in [1.54, 1.807) is 19.1 Å². The third kappa shape index (κ3) is 4.06. The number of benzene rings is 2. The van der Waals surface area contributed by atoms with Crippen LogP contribution in [-0.4, -0.2) is 15.8 Å². The summed E-state index contributed by atoms with van der Waals surface area (Å²) >= 11 is 0. The molecule has 5 nitrogen and oxygen atoms in total. The van der Waals surface area contributed by atoms with Gasteiger partial charge in [0.25, 0.3) is 0 Å².